The topological polar surface area (TPSA) is 61.9 Å². The molecule has 0 aliphatic rings. The molecule has 3 aromatic rings. The van der Waals surface area contributed by atoms with Crippen molar-refractivity contribution in [3.8, 4) is 11.4 Å². The lowest BCUT2D eigenvalue weighted by molar-refractivity contribution is 0.318. The molecule has 0 atom stereocenters. The highest BCUT2D eigenvalue weighted by Crippen LogP contribution is 2.22. The van der Waals surface area contributed by atoms with Crippen molar-refractivity contribution in [2.45, 2.75) is 46.2 Å². The minimum Gasteiger partial charge on any atom is -0.307 e. The molecule has 0 unspecified atom stereocenters. The van der Waals surface area contributed by atoms with Crippen LogP contribution >= 0.6 is 0 Å². The van der Waals surface area contributed by atoms with Crippen molar-refractivity contribution in [2.24, 2.45) is 0 Å². The average Bonchev–Trinajstić information content (AvgIpc) is 2.63. The van der Waals surface area contributed by atoms with Crippen LogP contribution in [0.1, 0.15) is 43.2 Å². The molecule has 0 saturated carbocycles. The molecule has 0 saturated heterocycles. The van der Waals surface area contributed by atoms with Crippen molar-refractivity contribution in [3.63, 3.8) is 0 Å². The number of hydrogen-bond acceptors (Lipinski definition) is 4. The average molecular weight is 377 g/mol. The number of aromatic amines is 1. The summed E-state index contributed by atoms with van der Waals surface area (Å²) in [6, 6.07) is 11.9. The van der Waals surface area contributed by atoms with E-state index in [9.17, 15) is 4.79 Å². The minimum absolute atomic E-state index is 0.119. The van der Waals surface area contributed by atoms with Crippen LogP contribution in [0, 0.1) is 6.92 Å². The van der Waals surface area contributed by atoms with Crippen LogP contribution in [-0.4, -0.2) is 26.9 Å². The fourth-order valence-electron chi connectivity index (χ4n) is 3.08. The number of hydrogen-bond donors (Lipinski definition) is 1. The SMILES string of the molecule is Cc1cnccc1CN(C)Cc1ccc(-c2nc(C(C)(C)C)cc(=O)[nH]2)cc1. The van der Waals surface area contributed by atoms with E-state index in [2.05, 4.69) is 72.8 Å². The van der Waals surface area contributed by atoms with Crippen LogP contribution in [0.25, 0.3) is 11.4 Å². The first-order valence-corrected chi connectivity index (χ1v) is 9.51. The Morgan fingerprint density at radius 1 is 1.07 bits per heavy atom. The van der Waals surface area contributed by atoms with Gasteiger partial charge >= 0.3 is 0 Å². The van der Waals surface area contributed by atoms with Crippen LogP contribution in [0.2, 0.25) is 0 Å². The van der Waals surface area contributed by atoms with Crippen LogP contribution in [0.15, 0.2) is 53.6 Å². The molecule has 0 spiro atoms. The fourth-order valence-corrected chi connectivity index (χ4v) is 3.08. The van der Waals surface area contributed by atoms with Gasteiger partial charge in [0.25, 0.3) is 5.56 Å². The zero-order valence-corrected chi connectivity index (χ0v) is 17.3. The summed E-state index contributed by atoms with van der Waals surface area (Å²) in [7, 11) is 2.11. The smallest absolute Gasteiger partial charge is 0.251 e. The number of nitrogens with zero attached hydrogens (tertiary/aromatic N) is 3. The van der Waals surface area contributed by atoms with E-state index in [-0.39, 0.29) is 11.0 Å². The van der Waals surface area contributed by atoms with Gasteiger partial charge in [-0.05, 0) is 36.7 Å². The van der Waals surface area contributed by atoms with E-state index in [1.807, 2.05) is 24.5 Å². The summed E-state index contributed by atoms with van der Waals surface area (Å²) in [6.07, 6.45) is 3.74. The standard InChI is InChI=1S/C23H28N4O/c1-16-13-24-11-10-19(16)15-27(5)14-17-6-8-18(9-7-17)22-25-20(23(2,3)4)12-21(28)26-22/h6-13H,14-15H2,1-5H3,(H,25,26,28). The van der Waals surface area contributed by atoms with Gasteiger partial charge in [-0.3, -0.25) is 14.7 Å². The van der Waals surface area contributed by atoms with Crippen molar-refractivity contribution < 1.29 is 0 Å². The summed E-state index contributed by atoms with van der Waals surface area (Å²) in [6.45, 7) is 9.98. The molecule has 5 nitrogen and oxygen atoms in total. The Hall–Kier alpha value is -2.79. The Labute approximate surface area is 166 Å². The van der Waals surface area contributed by atoms with Crippen molar-refractivity contribution in [1.29, 1.82) is 0 Å². The van der Waals surface area contributed by atoms with Crippen LogP contribution in [-0.2, 0) is 18.5 Å². The van der Waals surface area contributed by atoms with Crippen molar-refractivity contribution in [3.05, 3.63) is 81.5 Å². The Morgan fingerprint density at radius 3 is 2.43 bits per heavy atom. The van der Waals surface area contributed by atoms with Gasteiger partial charge in [0.1, 0.15) is 5.82 Å². The van der Waals surface area contributed by atoms with Crippen LogP contribution in [0.3, 0.4) is 0 Å². The van der Waals surface area contributed by atoms with Gasteiger partial charge in [-0.2, -0.15) is 0 Å². The largest absolute Gasteiger partial charge is 0.307 e. The zero-order chi connectivity index (χ0) is 20.3. The third-order valence-corrected chi connectivity index (χ3v) is 4.77. The number of rotatable bonds is 5. The Balaban J connectivity index is 1.74. The zero-order valence-electron chi connectivity index (χ0n) is 17.3. The fraction of sp³-hybridized carbons (Fsp3) is 0.348. The van der Waals surface area contributed by atoms with Crippen LogP contribution in [0.5, 0.6) is 0 Å². The Morgan fingerprint density at radius 2 is 1.79 bits per heavy atom. The van der Waals surface area contributed by atoms with E-state index in [1.165, 1.54) is 16.7 Å². The third kappa shape index (κ3) is 4.93. The van der Waals surface area contributed by atoms with E-state index in [4.69, 9.17) is 0 Å². The van der Waals surface area contributed by atoms with Gasteiger partial charge < -0.3 is 4.98 Å². The maximum absolute atomic E-state index is 12.0. The van der Waals surface area contributed by atoms with E-state index in [1.54, 1.807) is 6.07 Å². The number of aryl methyl sites for hydroxylation is 1. The van der Waals surface area contributed by atoms with E-state index in [0.29, 0.717) is 5.82 Å². The van der Waals surface area contributed by atoms with E-state index < -0.39 is 0 Å². The van der Waals surface area contributed by atoms with Crippen molar-refractivity contribution in [2.75, 3.05) is 7.05 Å². The number of nitrogens with one attached hydrogen (secondary N) is 1. The molecule has 0 aliphatic heterocycles. The molecule has 0 fully saturated rings. The quantitative estimate of drug-likeness (QED) is 0.729. The van der Waals surface area contributed by atoms with Gasteiger partial charge in [-0.1, -0.05) is 45.0 Å². The highest BCUT2D eigenvalue weighted by atomic mass is 16.1. The summed E-state index contributed by atoms with van der Waals surface area (Å²) < 4.78 is 0. The number of benzene rings is 1. The van der Waals surface area contributed by atoms with Crippen molar-refractivity contribution >= 4 is 0 Å². The molecule has 0 radical (unpaired) electrons. The number of aromatic nitrogens is 3. The predicted molar refractivity (Wildman–Crippen MR) is 113 cm³/mol. The van der Waals surface area contributed by atoms with Gasteiger partial charge in [0.15, 0.2) is 0 Å². The molecule has 2 aromatic heterocycles. The van der Waals surface area contributed by atoms with Gasteiger partial charge in [0.05, 0.1) is 5.69 Å². The summed E-state index contributed by atoms with van der Waals surface area (Å²) in [5, 5.41) is 0. The van der Waals surface area contributed by atoms with E-state index in [0.717, 1.165) is 24.3 Å². The second kappa shape index (κ2) is 8.07. The summed E-state index contributed by atoms with van der Waals surface area (Å²) in [4.78, 5) is 26.0. The second-order valence-electron chi connectivity index (χ2n) is 8.40. The maximum Gasteiger partial charge on any atom is 0.251 e. The molecule has 0 aliphatic carbocycles. The lowest BCUT2D eigenvalue weighted by Crippen LogP contribution is -2.20. The summed E-state index contributed by atoms with van der Waals surface area (Å²) >= 11 is 0. The monoisotopic (exact) mass is 376 g/mol. The highest BCUT2D eigenvalue weighted by Gasteiger charge is 2.17. The molecular weight excluding hydrogens is 348 g/mol. The Kier molecular flexibility index (Phi) is 5.75. The first-order valence-electron chi connectivity index (χ1n) is 9.51. The summed E-state index contributed by atoms with van der Waals surface area (Å²) in [5.74, 6) is 0.615. The molecule has 1 aromatic carbocycles. The Bertz CT molecular complexity index is 1000. The van der Waals surface area contributed by atoms with Gasteiger partial charge in [-0.25, -0.2) is 4.98 Å². The molecular formula is C23H28N4O. The molecule has 2 heterocycles. The normalized spacial score (nSPS) is 11.8. The molecule has 146 valence electrons. The van der Waals surface area contributed by atoms with Crippen LogP contribution < -0.4 is 5.56 Å². The third-order valence-electron chi connectivity index (χ3n) is 4.77. The minimum atomic E-state index is -0.170. The first kappa shape index (κ1) is 20.0. The molecule has 0 amide bonds. The van der Waals surface area contributed by atoms with Crippen LogP contribution in [0.4, 0.5) is 0 Å². The predicted octanol–water partition coefficient (Wildman–Crippen LogP) is 4.07. The summed E-state index contributed by atoms with van der Waals surface area (Å²) in [5.41, 5.74) is 5.13. The number of pyridine rings is 1. The maximum atomic E-state index is 12.0. The molecule has 5 heteroatoms. The lowest BCUT2D eigenvalue weighted by atomic mass is 9.92. The molecule has 28 heavy (non-hydrogen) atoms. The van der Waals surface area contributed by atoms with E-state index >= 15 is 0 Å². The molecule has 3 rings (SSSR count). The lowest BCUT2D eigenvalue weighted by Gasteiger charge is -2.19. The van der Waals surface area contributed by atoms with Gasteiger partial charge in [0, 0.05) is 42.5 Å². The highest BCUT2D eigenvalue weighted by molar-refractivity contribution is 5.55. The first-order chi connectivity index (χ1) is 13.2. The van der Waals surface area contributed by atoms with Gasteiger partial charge in [0.2, 0.25) is 0 Å². The number of H-pyrrole nitrogens is 1. The van der Waals surface area contributed by atoms with Gasteiger partial charge in [-0.15, -0.1) is 0 Å². The van der Waals surface area contributed by atoms with Crippen molar-refractivity contribution in [1.82, 2.24) is 19.9 Å². The molecule has 0 bridgehead atoms. The second-order valence-corrected chi connectivity index (χ2v) is 8.40. The molecule has 1 N–H and O–H groups in total.